The van der Waals surface area contributed by atoms with Gasteiger partial charge in [0.05, 0.1) is 16.6 Å². The third-order valence-corrected chi connectivity index (χ3v) is 3.99. The molecule has 0 spiro atoms. The Morgan fingerprint density at radius 1 is 1.52 bits per heavy atom. The molecule has 1 fully saturated rings. The first-order chi connectivity index (χ1) is 9.99. The number of carbonyl (C=O) groups is 1. The van der Waals surface area contributed by atoms with Crippen LogP contribution in [0.15, 0.2) is 12.3 Å². The normalized spacial score (nSPS) is 20.5. The van der Waals surface area contributed by atoms with Crippen LogP contribution in [0.3, 0.4) is 0 Å². The molecule has 8 heteroatoms. The first kappa shape index (κ1) is 16.5. The van der Waals surface area contributed by atoms with Crippen LogP contribution in [0.1, 0.15) is 0 Å². The number of halogens is 2. The molecule has 116 valence electrons. The van der Waals surface area contributed by atoms with E-state index in [9.17, 15) is 4.79 Å². The third kappa shape index (κ3) is 4.52. The minimum atomic E-state index is -0.158. The summed E-state index contributed by atoms with van der Waals surface area (Å²) < 4.78 is 0. The van der Waals surface area contributed by atoms with E-state index in [1.54, 1.807) is 6.07 Å². The van der Waals surface area contributed by atoms with E-state index >= 15 is 0 Å². The van der Waals surface area contributed by atoms with Gasteiger partial charge in [-0.2, -0.15) is 0 Å². The number of hydrogen-bond acceptors (Lipinski definition) is 5. The van der Waals surface area contributed by atoms with Crippen molar-refractivity contribution in [3.05, 3.63) is 22.3 Å². The molecule has 3 N–H and O–H groups in total. The lowest BCUT2D eigenvalue weighted by Crippen LogP contribution is -2.56. The third-order valence-electron chi connectivity index (χ3n) is 3.49. The van der Waals surface area contributed by atoms with Crippen LogP contribution in [0.4, 0.5) is 5.82 Å². The maximum Gasteiger partial charge on any atom is 0.239 e. The zero-order valence-electron chi connectivity index (χ0n) is 11.9. The molecule has 1 aromatic rings. The maximum absolute atomic E-state index is 12.1. The molecule has 21 heavy (non-hydrogen) atoms. The van der Waals surface area contributed by atoms with Crippen LogP contribution in [-0.2, 0) is 4.79 Å². The molecule has 1 aliphatic rings. The molecule has 2 heterocycles. The second-order valence-electron chi connectivity index (χ2n) is 5.15. The number of anilines is 1. The summed E-state index contributed by atoms with van der Waals surface area (Å²) in [5, 5.41) is 3.46. The van der Waals surface area contributed by atoms with Crippen LogP contribution in [0.5, 0.6) is 0 Å². The molecule has 1 unspecified atom stereocenters. The van der Waals surface area contributed by atoms with Crippen LogP contribution in [0, 0.1) is 0 Å². The van der Waals surface area contributed by atoms with Crippen LogP contribution in [-0.4, -0.2) is 66.5 Å². The Kier molecular flexibility index (Phi) is 5.78. The van der Waals surface area contributed by atoms with Crippen molar-refractivity contribution in [2.24, 2.45) is 5.73 Å². The van der Waals surface area contributed by atoms with Gasteiger partial charge in [0.15, 0.2) is 5.82 Å². The van der Waals surface area contributed by atoms with E-state index in [1.165, 1.54) is 6.20 Å². The van der Waals surface area contributed by atoms with Crippen LogP contribution in [0.2, 0.25) is 10.0 Å². The Labute approximate surface area is 134 Å². The second-order valence-corrected chi connectivity index (χ2v) is 6.00. The van der Waals surface area contributed by atoms with Gasteiger partial charge in [-0.25, -0.2) is 4.98 Å². The molecule has 0 aliphatic carbocycles. The second kappa shape index (κ2) is 7.38. The number of nitrogens with two attached hydrogens (primary N) is 1. The smallest absolute Gasteiger partial charge is 0.239 e. The number of pyridine rings is 1. The number of aromatic nitrogens is 1. The summed E-state index contributed by atoms with van der Waals surface area (Å²) in [5.41, 5.74) is 5.78. The number of rotatable bonds is 4. The highest BCUT2D eigenvalue weighted by Gasteiger charge is 2.25. The standard InChI is InChI=1S/C13H19Cl2N5O/c1-19-2-3-20(10(5-16)7-19)8-12(21)18-13-11(15)4-9(14)6-17-13/h4,6,10H,2-3,5,7-8,16H2,1H3,(H,17,18,21). The molecule has 0 aromatic carbocycles. The van der Waals surface area contributed by atoms with Crippen LogP contribution in [0.25, 0.3) is 0 Å². The highest BCUT2D eigenvalue weighted by Crippen LogP contribution is 2.22. The quantitative estimate of drug-likeness (QED) is 0.857. The van der Waals surface area contributed by atoms with E-state index in [4.69, 9.17) is 28.9 Å². The van der Waals surface area contributed by atoms with E-state index in [1.807, 2.05) is 0 Å². The lowest BCUT2D eigenvalue weighted by atomic mass is 10.1. The van der Waals surface area contributed by atoms with E-state index in [-0.39, 0.29) is 18.5 Å². The SMILES string of the molecule is CN1CCN(CC(=O)Nc2ncc(Cl)cc2Cl)C(CN)C1. The summed E-state index contributed by atoms with van der Waals surface area (Å²) in [6.07, 6.45) is 1.45. The minimum Gasteiger partial charge on any atom is -0.329 e. The molecule has 1 aliphatic heterocycles. The number of nitrogens with zero attached hydrogens (tertiary/aromatic N) is 3. The fourth-order valence-electron chi connectivity index (χ4n) is 2.34. The predicted molar refractivity (Wildman–Crippen MR) is 84.8 cm³/mol. The Bertz CT molecular complexity index is 513. The van der Waals surface area contributed by atoms with Crippen molar-refractivity contribution in [2.45, 2.75) is 6.04 Å². The van der Waals surface area contributed by atoms with Gasteiger partial charge in [-0.05, 0) is 13.1 Å². The summed E-state index contributed by atoms with van der Waals surface area (Å²) >= 11 is 11.8. The van der Waals surface area contributed by atoms with Crippen molar-refractivity contribution in [2.75, 3.05) is 45.1 Å². The fraction of sp³-hybridized carbons (Fsp3) is 0.538. The molecule has 1 atom stereocenters. The first-order valence-electron chi connectivity index (χ1n) is 6.73. The average molecular weight is 332 g/mol. The fourth-order valence-corrected chi connectivity index (χ4v) is 2.77. The molecule has 1 aromatic heterocycles. The molecule has 0 radical (unpaired) electrons. The highest BCUT2D eigenvalue weighted by atomic mass is 35.5. The number of hydrogen-bond donors (Lipinski definition) is 2. The van der Waals surface area contributed by atoms with Gasteiger partial charge in [0, 0.05) is 38.4 Å². The van der Waals surface area contributed by atoms with Gasteiger partial charge in [-0.15, -0.1) is 0 Å². The largest absolute Gasteiger partial charge is 0.329 e. The van der Waals surface area contributed by atoms with E-state index in [2.05, 4.69) is 27.1 Å². The summed E-state index contributed by atoms with van der Waals surface area (Å²) in [4.78, 5) is 20.4. The van der Waals surface area contributed by atoms with E-state index in [0.717, 1.165) is 19.6 Å². The summed E-state index contributed by atoms with van der Waals surface area (Å²) in [5.74, 6) is 0.166. The molecule has 6 nitrogen and oxygen atoms in total. The van der Waals surface area contributed by atoms with Crippen LogP contribution < -0.4 is 11.1 Å². The van der Waals surface area contributed by atoms with E-state index in [0.29, 0.717) is 22.4 Å². The molecule has 2 rings (SSSR count). The zero-order chi connectivity index (χ0) is 15.4. The number of piperazine rings is 1. The van der Waals surface area contributed by atoms with Gasteiger partial charge in [-0.1, -0.05) is 23.2 Å². The van der Waals surface area contributed by atoms with Crippen molar-refractivity contribution >= 4 is 34.9 Å². The maximum atomic E-state index is 12.1. The van der Waals surface area contributed by atoms with Crippen molar-refractivity contribution in [3.63, 3.8) is 0 Å². The lowest BCUT2D eigenvalue weighted by Gasteiger charge is -2.38. The lowest BCUT2D eigenvalue weighted by molar-refractivity contribution is -0.118. The van der Waals surface area contributed by atoms with Gasteiger partial charge in [0.2, 0.25) is 5.91 Å². The topological polar surface area (TPSA) is 74.5 Å². The Hall–Kier alpha value is -0.920. The molecule has 0 bridgehead atoms. The van der Waals surface area contributed by atoms with Gasteiger partial charge < -0.3 is 16.0 Å². The zero-order valence-corrected chi connectivity index (χ0v) is 13.4. The van der Waals surface area contributed by atoms with Crippen LogP contribution >= 0.6 is 23.2 Å². The van der Waals surface area contributed by atoms with Gasteiger partial charge in [0.25, 0.3) is 0 Å². The predicted octanol–water partition coefficient (Wildman–Crippen LogP) is 0.902. The number of likely N-dealkylation sites (N-methyl/N-ethyl adjacent to an activating group) is 1. The molecular formula is C13H19Cl2N5O. The molecule has 1 saturated heterocycles. The number of amides is 1. The van der Waals surface area contributed by atoms with Crippen molar-refractivity contribution in [3.8, 4) is 0 Å². The molecular weight excluding hydrogens is 313 g/mol. The Morgan fingerprint density at radius 2 is 2.29 bits per heavy atom. The summed E-state index contributed by atoms with van der Waals surface area (Å²) in [7, 11) is 2.05. The van der Waals surface area contributed by atoms with Gasteiger partial charge in [0.1, 0.15) is 0 Å². The Morgan fingerprint density at radius 3 is 2.95 bits per heavy atom. The van der Waals surface area contributed by atoms with Crippen molar-refractivity contribution < 1.29 is 4.79 Å². The summed E-state index contributed by atoms with van der Waals surface area (Å²) in [6, 6.07) is 1.73. The first-order valence-corrected chi connectivity index (χ1v) is 7.48. The van der Waals surface area contributed by atoms with Gasteiger partial charge >= 0.3 is 0 Å². The number of carbonyl (C=O) groups excluding carboxylic acids is 1. The van der Waals surface area contributed by atoms with Crippen molar-refractivity contribution in [1.29, 1.82) is 0 Å². The van der Waals surface area contributed by atoms with Crippen molar-refractivity contribution in [1.82, 2.24) is 14.8 Å². The van der Waals surface area contributed by atoms with Gasteiger partial charge in [-0.3, -0.25) is 9.69 Å². The summed E-state index contributed by atoms with van der Waals surface area (Å²) in [6.45, 7) is 3.40. The minimum absolute atomic E-state index is 0.158. The number of nitrogens with one attached hydrogen (secondary N) is 1. The monoisotopic (exact) mass is 331 g/mol. The highest BCUT2D eigenvalue weighted by molar-refractivity contribution is 6.36. The molecule has 0 saturated carbocycles. The average Bonchev–Trinajstić information content (AvgIpc) is 2.44. The molecule has 1 amide bonds. The van der Waals surface area contributed by atoms with E-state index < -0.39 is 0 Å². The Balaban J connectivity index is 1.94.